The minimum absolute atomic E-state index is 0.103. The minimum Gasteiger partial charge on any atom is -0.497 e. The van der Waals surface area contributed by atoms with Crippen molar-refractivity contribution in [3.05, 3.63) is 53.6 Å². The SMILES string of the molecule is COc1ccc([C@@H](CNC(=O)c2ccc3c(c2)OCO3)N2CCCCC2)cc1. The molecular formula is C22H26N2O4. The van der Waals surface area contributed by atoms with Gasteiger partial charge in [-0.15, -0.1) is 0 Å². The molecule has 28 heavy (non-hydrogen) atoms. The van der Waals surface area contributed by atoms with E-state index in [4.69, 9.17) is 14.2 Å². The lowest BCUT2D eigenvalue weighted by Gasteiger charge is -2.35. The van der Waals surface area contributed by atoms with Crippen LogP contribution in [0.15, 0.2) is 42.5 Å². The van der Waals surface area contributed by atoms with Crippen LogP contribution in [0.25, 0.3) is 0 Å². The first-order valence-corrected chi connectivity index (χ1v) is 9.80. The van der Waals surface area contributed by atoms with E-state index in [1.807, 2.05) is 12.1 Å². The summed E-state index contributed by atoms with van der Waals surface area (Å²) in [6.45, 7) is 2.86. The number of methoxy groups -OCH3 is 1. The number of fused-ring (bicyclic) bond motifs is 1. The zero-order valence-electron chi connectivity index (χ0n) is 16.1. The van der Waals surface area contributed by atoms with Crippen LogP contribution in [-0.2, 0) is 0 Å². The van der Waals surface area contributed by atoms with Gasteiger partial charge in [-0.1, -0.05) is 18.6 Å². The first-order chi connectivity index (χ1) is 13.7. The number of carbonyl (C=O) groups excluding carboxylic acids is 1. The number of ether oxygens (including phenoxy) is 3. The van der Waals surface area contributed by atoms with E-state index < -0.39 is 0 Å². The molecule has 0 aliphatic carbocycles. The van der Waals surface area contributed by atoms with Crippen LogP contribution in [0.2, 0.25) is 0 Å². The van der Waals surface area contributed by atoms with Crippen LogP contribution < -0.4 is 19.5 Å². The van der Waals surface area contributed by atoms with Crippen molar-refractivity contribution in [3.63, 3.8) is 0 Å². The summed E-state index contributed by atoms with van der Waals surface area (Å²) < 4.78 is 16.0. The number of nitrogens with one attached hydrogen (secondary N) is 1. The summed E-state index contributed by atoms with van der Waals surface area (Å²) in [5.41, 5.74) is 1.77. The lowest BCUT2D eigenvalue weighted by atomic mass is 10.0. The summed E-state index contributed by atoms with van der Waals surface area (Å²) in [5.74, 6) is 2.04. The third-order valence-corrected chi connectivity index (χ3v) is 5.42. The number of rotatable bonds is 6. The Bertz CT molecular complexity index is 816. The van der Waals surface area contributed by atoms with Gasteiger partial charge in [0.05, 0.1) is 13.2 Å². The van der Waals surface area contributed by atoms with Crippen molar-refractivity contribution in [1.82, 2.24) is 10.2 Å². The van der Waals surface area contributed by atoms with Crippen molar-refractivity contribution in [1.29, 1.82) is 0 Å². The molecule has 1 atom stereocenters. The van der Waals surface area contributed by atoms with Gasteiger partial charge in [0.25, 0.3) is 5.91 Å². The Morgan fingerprint density at radius 1 is 1.07 bits per heavy atom. The second kappa shape index (κ2) is 8.52. The topological polar surface area (TPSA) is 60.0 Å². The number of likely N-dealkylation sites (tertiary alicyclic amines) is 1. The molecule has 0 unspecified atom stereocenters. The number of hydrogen-bond donors (Lipinski definition) is 1. The van der Waals surface area contributed by atoms with Crippen LogP contribution >= 0.6 is 0 Å². The Balaban J connectivity index is 1.47. The molecule has 6 nitrogen and oxygen atoms in total. The predicted molar refractivity (Wildman–Crippen MR) is 106 cm³/mol. The van der Waals surface area contributed by atoms with Crippen LogP contribution in [0.1, 0.15) is 41.2 Å². The Morgan fingerprint density at radius 3 is 2.57 bits per heavy atom. The molecule has 2 aliphatic heterocycles. The van der Waals surface area contributed by atoms with Gasteiger partial charge in [-0.2, -0.15) is 0 Å². The van der Waals surface area contributed by atoms with Crippen molar-refractivity contribution in [3.8, 4) is 17.2 Å². The van der Waals surface area contributed by atoms with Crippen molar-refractivity contribution >= 4 is 5.91 Å². The van der Waals surface area contributed by atoms with Gasteiger partial charge in [0, 0.05) is 12.1 Å². The molecule has 1 amide bonds. The van der Waals surface area contributed by atoms with Crippen molar-refractivity contribution in [2.75, 3.05) is 33.5 Å². The quantitative estimate of drug-likeness (QED) is 0.830. The first-order valence-electron chi connectivity index (χ1n) is 9.80. The molecule has 4 rings (SSSR count). The zero-order valence-corrected chi connectivity index (χ0v) is 16.1. The lowest BCUT2D eigenvalue weighted by molar-refractivity contribution is 0.0924. The van der Waals surface area contributed by atoms with E-state index in [-0.39, 0.29) is 18.7 Å². The Labute approximate surface area is 165 Å². The largest absolute Gasteiger partial charge is 0.497 e. The van der Waals surface area contributed by atoms with E-state index in [1.165, 1.54) is 24.8 Å². The highest BCUT2D eigenvalue weighted by molar-refractivity contribution is 5.95. The van der Waals surface area contributed by atoms with E-state index in [1.54, 1.807) is 25.3 Å². The minimum atomic E-state index is -0.103. The zero-order chi connectivity index (χ0) is 19.3. The molecule has 0 radical (unpaired) electrons. The van der Waals surface area contributed by atoms with Gasteiger partial charge in [-0.3, -0.25) is 9.69 Å². The molecular weight excluding hydrogens is 356 g/mol. The fourth-order valence-corrected chi connectivity index (χ4v) is 3.84. The Morgan fingerprint density at radius 2 is 1.82 bits per heavy atom. The third kappa shape index (κ3) is 4.07. The van der Waals surface area contributed by atoms with Gasteiger partial charge in [0.15, 0.2) is 11.5 Å². The maximum atomic E-state index is 12.7. The highest BCUT2D eigenvalue weighted by Crippen LogP contribution is 2.32. The normalized spacial score (nSPS) is 17.2. The smallest absolute Gasteiger partial charge is 0.251 e. The molecule has 6 heteroatoms. The average Bonchev–Trinajstić information content (AvgIpc) is 3.23. The van der Waals surface area contributed by atoms with E-state index in [2.05, 4.69) is 22.3 Å². The van der Waals surface area contributed by atoms with Gasteiger partial charge < -0.3 is 19.5 Å². The Hall–Kier alpha value is -2.73. The van der Waals surface area contributed by atoms with Crippen molar-refractivity contribution in [2.24, 2.45) is 0 Å². The second-order valence-electron chi connectivity index (χ2n) is 7.16. The number of piperidine rings is 1. The Kier molecular flexibility index (Phi) is 5.67. The summed E-state index contributed by atoms with van der Waals surface area (Å²) in [6.07, 6.45) is 3.67. The van der Waals surface area contributed by atoms with Gasteiger partial charge in [0.1, 0.15) is 5.75 Å². The monoisotopic (exact) mass is 382 g/mol. The first kappa shape index (κ1) is 18.6. The standard InChI is InChI=1S/C22H26N2O4/c1-26-18-8-5-16(6-9-18)19(24-11-3-2-4-12-24)14-23-22(25)17-7-10-20-21(13-17)28-15-27-20/h5-10,13,19H,2-4,11-12,14-15H2,1H3,(H,23,25)/t19-/m1/s1. The molecule has 1 saturated heterocycles. The van der Waals surface area contributed by atoms with E-state index in [9.17, 15) is 4.79 Å². The summed E-state index contributed by atoms with van der Waals surface area (Å²) in [5, 5.41) is 3.11. The number of carbonyl (C=O) groups is 1. The molecule has 0 saturated carbocycles. The second-order valence-corrected chi connectivity index (χ2v) is 7.16. The van der Waals surface area contributed by atoms with Crippen molar-refractivity contribution in [2.45, 2.75) is 25.3 Å². The van der Waals surface area contributed by atoms with Gasteiger partial charge in [0.2, 0.25) is 6.79 Å². The van der Waals surface area contributed by atoms with Gasteiger partial charge in [-0.05, 0) is 61.8 Å². The van der Waals surface area contributed by atoms with Gasteiger partial charge >= 0.3 is 0 Å². The summed E-state index contributed by atoms with van der Waals surface area (Å²) in [7, 11) is 1.67. The molecule has 0 aromatic heterocycles. The van der Waals surface area contributed by atoms with Crippen LogP contribution in [-0.4, -0.2) is 44.3 Å². The maximum absolute atomic E-state index is 12.7. The summed E-state index contributed by atoms with van der Waals surface area (Å²) in [6, 6.07) is 13.6. The molecule has 0 bridgehead atoms. The molecule has 0 spiro atoms. The fourth-order valence-electron chi connectivity index (χ4n) is 3.84. The molecule has 2 aromatic rings. The maximum Gasteiger partial charge on any atom is 0.251 e. The fraction of sp³-hybridized carbons (Fsp3) is 0.409. The van der Waals surface area contributed by atoms with Crippen LogP contribution in [0.3, 0.4) is 0 Å². The van der Waals surface area contributed by atoms with Crippen LogP contribution in [0, 0.1) is 0 Å². The van der Waals surface area contributed by atoms with E-state index >= 15 is 0 Å². The molecule has 2 aliphatic rings. The molecule has 1 N–H and O–H groups in total. The van der Waals surface area contributed by atoms with Crippen molar-refractivity contribution < 1.29 is 19.0 Å². The summed E-state index contributed by atoms with van der Waals surface area (Å²) in [4.78, 5) is 15.2. The number of amides is 1. The third-order valence-electron chi connectivity index (χ3n) is 5.42. The lowest BCUT2D eigenvalue weighted by Crippen LogP contribution is -2.40. The van der Waals surface area contributed by atoms with E-state index in [0.717, 1.165) is 18.8 Å². The highest BCUT2D eigenvalue weighted by Gasteiger charge is 2.24. The number of hydrogen-bond acceptors (Lipinski definition) is 5. The van der Waals surface area contributed by atoms with Crippen LogP contribution in [0.4, 0.5) is 0 Å². The molecule has 148 valence electrons. The number of nitrogens with zero attached hydrogens (tertiary/aromatic N) is 1. The highest BCUT2D eigenvalue weighted by atomic mass is 16.7. The molecule has 2 aromatic carbocycles. The van der Waals surface area contributed by atoms with Crippen LogP contribution in [0.5, 0.6) is 17.2 Å². The van der Waals surface area contributed by atoms with Gasteiger partial charge in [-0.25, -0.2) is 0 Å². The summed E-state index contributed by atoms with van der Waals surface area (Å²) >= 11 is 0. The molecule has 1 fully saturated rings. The predicted octanol–water partition coefficient (Wildman–Crippen LogP) is 3.38. The average molecular weight is 382 g/mol. The molecule has 2 heterocycles. The van der Waals surface area contributed by atoms with E-state index in [0.29, 0.717) is 23.6 Å². The number of benzene rings is 2.